The van der Waals surface area contributed by atoms with Crippen molar-refractivity contribution in [2.45, 2.75) is 63.9 Å². The summed E-state index contributed by atoms with van der Waals surface area (Å²) in [6, 6.07) is -0.741. The quantitative estimate of drug-likeness (QED) is 0.360. The lowest BCUT2D eigenvalue weighted by Crippen LogP contribution is -2.44. The standard InChI is InChI=1S/C17H24F2N4O4S/c1-5-9(2)20-16(26)23-13(24)8-27-14(25)7-6-12-10(3)21-17(22-11(12)4)28-15(18)19/h9,15H,5-8H2,1-4H3,(H2,20,23,24,26)/t9-/m1/s1. The minimum absolute atomic E-state index is 0.0244. The van der Waals surface area contributed by atoms with Gasteiger partial charge in [-0.15, -0.1) is 0 Å². The maximum Gasteiger partial charge on any atom is 0.321 e. The zero-order valence-electron chi connectivity index (χ0n) is 16.2. The molecule has 1 atom stereocenters. The molecule has 0 aromatic carbocycles. The van der Waals surface area contributed by atoms with Gasteiger partial charge in [-0.05, 0) is 50.9 Å². The van der Waals surface area contributed by atoms with Crippen LogP contribution in [0.15, 0.2) is 5.16 Å². The van der Waals surface area contributed by atoms with Gasteiger partial charge in [-0.2, -0.15) is 8.78 Å². The van der Waals surface area contributed by atoms with Gasteiger partial charge >= 0.3 is 12.0 Å². The van der Waals surface area contributed by atoms with Crippen LogP contribution in [0.4, 0.5) is 13.6 Å². The number of alkyl halides is 2. The van der Waals surface area contributed by atoms with E-state index in [1.807, 2.05) is 6.92 Å². The SMILES string of the molecule is CC[C@@H](C)NC(=O)NC(=O)COC(=O)CCc1c(C)nc(SC(F)F)nc1C. The highest BCUT2D eigenvalue weighted by molar-refractivity contribution is 7.99. The second kappa shape index (κ2) is 11.5. The topological polar surface area (TPSA) is 110 Å². The van der Waals surface area contributed by atoms with Crippen molar-refractivity contribution >= 4 is 29.7 Å². The fraction of sp³-hybridized carbons (Fsp3) is 0.588. The molecule has 1 aromatic heterocycles. The Bertz CT molecular complexity index is 695. The lowest BCUT2D eigenvalue weighted by Gasteiger charge is -2.12. The highest BCUT2D eigenvalue weighted by Crippen LogP contribution is 2.24. The first-order valence-electron chi connectivity index (χ1n) is 8.67. The summed E-state index contributed by atoms with van der Waals surface area (Å²) in [5.74, 6) is -3.99. The van der Waals surface area contributed by atoms with Crippen molar-refractivity contribution in [3.8, 4) is 0 Å². The van der Waals surface area contributed by atoms with Crippen molar-refractivity contribution < 1.29 is 27.9 Å². The Kier molecular flexibility index (Phi) is 9.77. The van der Waals surface area contributed by atoms with E-state index in [2.05, 4.69) is 20.6 Å². The largest absolute Gasteiger partial charge is 0.456 e. The van der Waals surface area contributed by atoms with Crippen LogP contribution in [-0.2, 0) is 20.7 Å². The number of carbonyl (C=O) groups excluding carboxylic acids is 3. The molecule has 1 aromatic rings. The third-order valence-corrected chi connectivity index (χ3v) is 4.35. The van der Waals surface area contributed by atoms with E-state index >= 15 is 0 Å². The third kappa shape index (κ3) is 8.59. The van der Waals surface area contributed by atoms with E-state index < -0.39 is 30.3 Å². The molecule has 0 aliphatic heterocycles. The summed E-state index contributed by atoms with van der Waals surface area (Å²) in [7, 11) is 0. The number of imide groups is 1. The molecular formula is C17H24F2N4O4S. The normalized spacial score (nSPS) is 11.8. The number of nitrogens with one attached hydrogen (secondary N) is 2. The number of halogens is 2. The van der Waals surface area contributed by atoms with Crippen molar-refractivity contribution in [3.63, 3.8) is 0 Å². The minimum atomic E-state index is -2.61. The molecule has 0 saturated heterocycles. The number of thioether (sulfide) groups is 1. The Morgan fingerprint density at radius 1 is 1.18 bits per heavy atom. The number of nitrogens with zero attached hydrogens (tertiary/aromatic N) is 2. The molecule has 11 heteroatoms. The Balaban J connectivity index is 2.46. The molecule has 0 bridgehead atoms. The molecule has 156 valence electrons. The predicted molar refractivity (Wildman–Crippen MR) is 99.1 cm³/mol. The van der Waals surface area contributed by atoms with Crippen molar-refractivity contribution in [2.24, 2.45) is 0 Å². The Hall–Kier alpha value is -2.30. The van der Waals surface area contributed by atoms with Gasteiger partial charge in [0.1, 0.15) is 0 Å². The van der Waals surface area contributed by atoms with Crippen molar-refractivity contribution in [1.82, 2.24) is 20.6 Å². The molecular weight excluding hydrogens is 394 g/mol. The highest BCUT2D eigenvalue weighted by atomic mass is 32.2. The first-order chi connectivity index (χ1) is 13.1. The number of hydrogen-bond acceptors (Lipinski definition) is 7. The molecule has 0 fully saturated rings. The van der Waals surface area contributed by atoms with Gasteiger partial charge in [0, 0.05) is 23.9 Å². The van der Waals surface area contributed by atoms with Crippen LogP contribution in [0.2, 0.25) is 0 Å². The summed E-state index contributed by atoms with van der Waals surface area (Å²) in [5, 5.41) is 4.59. The van der Waals surface area contributed by atoms with Crippen LogP contribution < -0.4 is 10.6 Å². The molecule has 0 unspecified atom stereocenters. The number of amides is 3. The molecule has 3 amide bonds. The van der Waals surface area contributed by atoms with E-state index in [1.54, 1.807) is 20.8 Å². The molecule has 0 spiro atoms. The molecule has 1 heterocycles. The number of aromatic nitrogens is 2. The van der Waals surface area contributed by atoms with Crippen molar-refractivity contribution in [1.29, 1.82) is 0 Å². The fourth-order valence-corrected chi connectivity index (χ4v) is 2.71. The maximum atomic E-state index is 12.4. The van der Waals surface area contributed by atoms with Crippen molar-refractivity contribution in [3.05, 3.63) is 17.0 Å². The Labute approximate surface area is 166 Å². The summed E-state index contributed by atoms with van der Waals surface area (Å²) in [6.07, 6.45) is 0.909. The van der Waals surface area contributed by atoms with E-state index in [0.29, 0.717) is 23.4 Å². The minimum Gasteiger partial charge on any atom is -0.456 e. The number of hydrogen-bond donors (Lipinski definition) is 2. The molecule has 0 aliphatic carbocycles. The number of urea groups is 1. The molecule has 0 saturated carbocycles. The molecule has 1 rings (SSSR count). The first-order valence-corrected chi connectivity index (χ1v) is 9.55. The van der Waals surface area contributed by atoms with Gasteiger partial charge in [0.2, 0.25) is 0 Å². The van der Waals surface area contributed by atoms with E-state index in [9.17, 15) is 23.2 Å². The summed E-state index contributed by atoms with van der Waals surface area (Å²) in [4.78, 5) is 42.9. The second-order valence-electron chi connectivity index (χ2n) is 6.03. The zero-order valence-corrected chi connectivity index (χ0v) is 17.0. The Morgan fingerprint density at radius 3 is 2.32 bits per heavy atom. The maximum absolute atomic E-state index is 12.4. The predicted octanol–water partition coefficient (Wildman–Crippen LogP) is 2.51. The smallest absolute Gasteiger partial charge is 0.321 e. The van der Waals surface area contributed by atoms with E-state index in [4.69, 9.17) is 4.74 Å². The van der Waals surface area contributed by atoms with E-state index in [1.165, 1.54) is 0 Å². The lowest BCUT2D eigenvalue weighted by atomic mass is 10.1. The van der Waals surface area contributed by atoms with Gasteiger partial charge < -0.3 is 10.1 Å². The summed E-state index contributed by atoms with van der Waals surface area (Å²) in [5.41, 5.74) is 1.67. The molecule has 8 nitrogen and oxygen atoms in total. The lowest BCUT2D eigenvalue weighted by molar-refractivity contribution is -0.148. The van der Waals surface area contributed by atoms with Gasteiger partial charge in [-0.25, -0.2) is 14.8 Å². The first kappa shape index (κ1) is 23.7. The molecule has 28 heavy (non-hydrogen) atoms. The number of carbonyl (C=O) groups is 3. The van der Waals surface area contributed by atoms with E-state index in [-0.39, 0.29) is 35.8 Å². The third-order valence-electron chi connectivity index (χ3n) is 3.78. The van der Waals surface area contributed by atoms with Crippen LogP contribution in [-0.4, -0.2) is 46.3 Å². The summed E-state index contributed by atoms with van der Waals surface area (Å²) < 4.78 is 29.7. The van der Waals surface area contributed by atoms with E-state index in [0.717, 1.165) is 0 Å². The average molecular weight is 418 g/mol. The van der Waals surface area contributed by atoms with Crippen molar-refractivity contribution in [2.75, 3.05) is 6.61 Å². The van der Waals surface area contributed by atoms with Crippen LogP contribution >= 0.6 is 11.8 Å². The van der Waals surface area contributed by atoms with Gasteiger partial charge in [-0.3, -0.25) is 14.9 Å². The summed E-state index contributed by atoms with van der Waals surface area (Å²) in [6.45, 7) is 6.39. The zero-order chi connectivity index (χ0) is 21.3. The number of aryl methyl sites for hydroxylation is 2. The monoisotopic (exact) mass is 418 g/mol. The molecule has 0 aliphatic rings. The van der Waals surface area contributed by atoms with Gasteiger partial charge in [0.15, 0.2) is 11.8 Å². The van der Waals surface area contributed by atoms with Gasteiger partial charge in [-0.1, -0.05) is 6.92 Å². The second-order valence-corrected chi connectivity index (χ2v) is 6.98. The van der Waals surface area contributed by atoms with Gasteiger partial charge in [0.25, 0.3) is 11.7 Å². The number of esters is 1. The average Bonchev–Trinajstić information content (AvgIpc) is 2.58. The van der Waals surface area contributed by atoms with Crippen LogP contribution in [0, 0.1) is 13.8 Å². The summed E-state index contributed by atoms with van der Waals surface area (Å²) >= 11 is 0.257. The van der Waals surface area contributed by atoms with Crippen LogP contribution in [0.1, 0.15) is 43.6 Å². The van der Waals surface area contributed by atoms with Crippen LogP contribution in [0.5, 0.6) is 0 Å². The number of ether oxygens (including phenoxy) is 1. The van der Waals surface area contributed by atoms with Gasteiger partial charge in [0.05, 0.1) is 0 Å². The molecule has 0 radical (unpaired) electrons. The molecule has 2 N–H and O–H groups in total. The Morgan fingerprint density at radius 2 is 1.79 bits per heavy atom. The van der Waals surface area contributed by atoms with Crippen LogP contribution in [0.25, 0.3) is 0 Å². The van der Waals surface area contributed by atoms with Crippen LogP contribution in [0.3, 0.4) is 0 Å². The number of rotatable bonds is 9. The highest BCUT2D eigenvalue weighted by Gasteiger charge is 2.16. The fourth-order valence-electron chi connectivity index (χ4n) is 2.17.